The molecular weight excluding hydrogens is 295 g/mol. The molecule has 1 atom stereocenters. The largest absolute Gasteiger partial charge is 0.444 e. The van der Waals surface area contributed by atoms with E-state index in [1.54, 1.807) is 20.8 Å². The van der Waals surface area contributed by atoms with Crippen molar-refractivity contribution in [2.75, 3.05) is 0 Å². The van der Waals surface area contributed by atoms with Crippen LogP contribution in [0.2, 0.25) is 0 Å². The number of alkyl halides is 3. The molecule has 0 spiro atoms. The molecule has 0 rings (SSSR count). The van der Waals surface area contributed by atoms with Crippen molar-refractivity contribution in [2.45, 2.75) is 97.9 Å². The van der Waals surface area contributed by atoms with Crippen molar-refractivity contribution in [3.05, 3.63) is 0 Å². The first-order valence-electron chi connectivity index (χ1n) is 8.04. The summed E-state index contributed by atoms with van der Waals surface area (Å²) in [5.41, 5.74) is -0.802. The molecule has 0 aliphatic carbocycles. The minimum absolute atomic E-state index is 0.115. The molecule has 0 aromatic heterocycles. The van der Waals surface area contributed by atoms with Gasteiger partial charge in [-0.05, 0) is 27.2 Å². The second-order valence-corrected chi connectivity index (χ2v) is 6.24. The van der Waals surface area contributed by atoms with Crippen LogP contribution in [0, 0.1) is 0 Å². The van der Waals surface area contributed by atoms with Crippen molar-refractivity contribution in [2.24, 2.45) is 0 Å². The van der Waals surface area contributed by atoms with Crippen LogP contribution in [-0.2, 0) is 4.74 Å². The van der Waals surface area contributed by atoms with Gasteiger partial charge < -0.3 is 10.1 Å². The molecule has 6 heteroatoms. The predicted molar refractivity (Wildman–Crippen MR) is 83.9 cm³/mol. The maximum Gasteiger partial charge on any atom is 0.408 e. The smallest absolute Gasteiger partial charge is 0.408 e. The average Bonchev–Trinajstić information content (AvgIpc) is 2.35. The van der Waals surface area contributed by atoms with Crippen molar-refractivity contribution in [3.8, 4) is 0 Å². The second kappa shape index (κ2) is 11.6. The predicted octanol–water partition coefficient (Wildman–Crippen LogP) is 5.83. The van der Waals surface area contributed by atoms with Gasteiger partial charge in [-0.1, -0.05) is 52.9 Å². The highest BCUT2D eigenvalue weighted by atomic mass is 19.4. The fraction of sp³-hybridized carbons (Fsp3) is 0.938. The van der Waals surface area contributed by atoms with E-state index < -0.39 is 23.9 Å². The molecule has 1 unspecified atom stereocenters. The molecule has 0 aliphatic rings. The van der Waals surface area contributed by atoms with Crippen molar-refractivity contribution in [3.63, 3.8) is 0 Å². The number of rotatable bonds is 6. The number of alkyl carbamates (subject to hydrolysis) is 1. The summed E-state index contributed by atoms with van der Waals surface area (Å²) >= 11 is 0. The van der Waals surface area contributed by atoms with Gasteiger partial charge in [0, 0.05) is 0 Å². The van der Waals surface area contributed by atoms with E-state index in [1.165, 1.54) is 12.8 Å². The standard InChI is InChI=1S/C12H22F3NO2.C4H10/c1-5-6-7-8-9(12(13,14)15)16-10(17)18-11(2,3)4;1-3-4-2/h9H,5-8H2,1-4H3,(H,16,17);3-4H2,1-2H3. The second-order valence-electron chi connectivity index (χ2n) is 6.24. The lowest BCUT2D eigenvalue weighted by Crippen LogP contribution is -2.47. The number of carbonyl (C=O) groups excluding carboxylic acids is 1. The third-order valence-corrected chi connectivity index (χ3v) is 2.68. The molecule has 0 fully saturated rings. The monoisotopic (exact) mass is 327 g/mol. The number of unbranched alkanes of at least 4 members (excludes halogenated alkanes) is 3. The zero-order chi connectivity index (χ0) is 17.8. The molecule has 134 valence electrons. The quantitative estimate of drug-likeness (QED) is 0.623. The van der Waals surface area contributed by atoms with E-state index in [2.05, 4.69) is 13.8 Å². The van der Waals surface area contributed by atoms with Crippen LogP contribution in [0.15, 0.2) is 0 Å². The van der Waals surface area contributed by atoms with E-state index in [1.807, 2.05) is 12.2 Å². The Bertz CT molecular complexity index is 284. The summed E-state index contributed by atoms with van der Waals surface area (Å²) in [6.45, 7) is 11.1. The van der Waals surface area contributed by atoms with Crippen LogP contribution in [0.3, 0.4) is 0 Å². The summed E-state index contributed by atoms with van der Waals surface area (Å²) in [6.07, 6.45) is -0.974. The molecule has 0 radical (unpaired) electrons. The molecule has 0 saturated carbocycles. The molecular formula is C16H32F3NO2. The zero-order valence-electron chi connectivity index (χ0n) is 14.8. The molecule has 0 aromatic rings. The fourth-order valence-corrected chi connectivity index (χ4v) is 1.37. The summed E-state index contributed by atoms with van der Waals surface area (Å²) in [7, 11) is 0. The molecule has 0 heterocycles. The average molecular weight is 327 g/mol. The molecule has 22 heavy (non-hydrogen) atoms. The Labute approximate surface area is 133 Å². The van der Waals surface area contributed by atoms with E-state index in [0.717, 1.165) is 6.42 Å². The van der Waals surface area contributed by atoms with E-state index in [0.29, 0.717) is 12.8 Å². The molecule has 1 amide bonds. The van der Waals surface area contributed by atoms with Gasteiger partial charge in [0.1, 0.15) is 11.6 Å². The molecule has 0 aliphatic heterocycles. The first kappa shape index (κ1) is 23.3. The van der Waals surface area contributed by atoms with Crippen LogP contribution in [0.25, 0.3) is 0 Å². The normalized spacial score (nSPS) is 13.0. The number of halogens is 3. The Morgan fingerprint density at radius 1 is 1.00 bits per heavy atom. The van der Waals surface area contributed by atoms with E-state index in [4.69, 9.17) is 4.74 Å². The molecule has 0 aromatic carbocycles. The number of nitrogens with one attached hydrogen (secondary N) is 1. The number of hydrogen-bond donors (Lipinski definition) is 1. The lowest BCUT2D eigenvalue weighted by Gasteiger charge is -2.25. The van der Waals surface area contributed by atoms with Gasteiger partial charge in [0.15, 0.2) is 0 Å². The Morgan fingerprint density at radius 2 is 1.50 bits per heavy atom. The van der Waals surface area contributed by atoms with Gasteiger partial charge in [-0.25, -0.2) is 4.79 Å². The maximum absolute atomic E-state index is 12.7. The van der Waals surface area contributed by atoms with Crippen molar-refractivity contribution >= 4 is 6.09 Å². The summed E-state index contributed by atoms with van der Waals surface area (Å²) in [5, 5.41) is 1.89. The molecule has 3 nitrogen and oxygen atoms in total. The van der Waals surface area contributed by atoms with Gasteiger partial charge in [-0.3, -0.25) is 0 Å². The van der Waals surface area contributed by atoms with Gasteiger partial charge in [-0.15, -0.1) is 0 Å². The summed E-state index contributed by atoms with van der Waals surface area (Å²) in [6, 6.07) is -1.83. The van der Waals surface area contributed by atoms with Crippen molar-refractivity contribution in [1.82, 2.24) is 5.32 Å². The molecule has 0 bridgehead atoms. The third kappa shape index (κ3) is 15.4. The molecule has 0 saturated heterocycles. The van der Waals surface area contributed by atoms with Gasteiger partial charge >= 0.3 is 12.3 Å². The fourth-order valence-electron chi connectivity index (χ4n) is 1.37. The number of hydrogen-bond acceptors (Lipinski definition) is 2. The maximum atomic E-state index is 12.7. The first-order chi connectivity index (χ1) is 9.97. The highest BCUT2D eigenvalue weighted by Gasteiger charge is 2.40. The topological polar surface area (TPSA) is 38.3 Å². The molecule has 1 N–H and O–H groups in total. The van der Waals surface area contributed by atoms with Crippen LogP contribution in [0.5, 0.6) is 0 Å². The van der Waals surface area contributed by atoms with Gasteiger partial charge in [0.05, 0.1) is 0 Å². The Kier molecular flexibility index (Phi) is 12.3. The van der Waals surface area contributed by atoms with Crippen LogP contribution >= 0.6 is 0 Å². The van der Waals surface area contributed by atoms with Gasteiger partial charge in [-0.2, -0.15) is 13.2 Å². The zero-order valence-corrected chi connectivity index (χ0v) is 14.8. The Hall–Kier alpha value is -0.940. The van der Waals surface area contributed by atoms with Gasteiger partial charge in [0.25, 0.3) is 0 Å². The minimum atomic E-state index is -4.44. The SMILES string of the molecule is CCCC.CCCCCC(NC(=O)OC(C)(C)C)C(F)(F)F. The highest BCUT2D eigenvalue weighted by Crippen LogP contribution is 2.24. The van der Waals surface area contributed by atoms with E-state index >= 15 is 0 Å². The summed E-state index contributed by atoms with van der Waals surface area (Å²) in [5.74, 6) is 0. The highest BCUT2D eigenvalue weighted by molar-refractivity contribution is 5.68. The number of ether oxygens (including phenoxy) is 1. The van der Waals surface area contributed by atoms with Crippen LogP contribution < -0.4 is 5.32 Å². The lowest BCUT2D eigenvalue weighted by molar-refractivity contribution is -0.156. The Balaban J connectivity index is 0. The third-order valence-electron chi connectivity index (χ3n) is 2.68. The number of amides is 1. The first-order valence-corrected chi connectivity index (χ1v) is 8.04. The lowest BCUT2D eigenvalue weighted by atomic mass is 10.1. The Morgan fingerprint density at radius 3 is 1.82 bits per heavy atom. The van der Waals surface area contributed by atoms with Crippen LogP contribution in [0.1, 0.15) is 80.1 Å². The summed E-state index contributed by atoms with van der Waals surface area (Å²) < 4.78 is 42.8. The van der Waals surface area contributed by atoms with Crippen LogP contribution in [-0.4, -0.2) is 23.9 Å². The van der Waals surface area contributed by atoms with E-state index in [-0.39, 0.29) is 6.42 Å². The summed E-state index contributed by atoms with van der Waals surface area (Å²) in [4.78, 5) is 11.3. The minimum Gasteiger partial charge on any atom is -0.444 e. The van der Waals surface area contributed by atoms with Gasteiger partial charge in [0.2, 0.25) is 0 Å². The van der Waals surface area contributed by atoms with Crippen molar-refractivity contribution < 1.29 is 22.7 Å². The van der Waals surface area contributed by atoms with Crippen molar-refractivity contribution in [1.29, 1.82) is 0 Å². The van der Waals surface area contributed by atoms with Crippen LogP contribution in [0.4, 0.5) is 18.0 Å². The van der Waals surface area contributed by atoms with E-state index in [9.17, 15) is 18.0 Å². The number of carbonyl (C=O) groups is 1.